The van der Waals surface area contributed by atoms with Gasteiger partial charge in [0.25, 0.3) is 0 Å². The molecule has 2 heterocycles. The quantitative estimate of drug-likeness (QED) is 0.254. The molecule has 10 nitrogen and oxygen atoms in total. The number of ether oxygens (including phenoxy) is 5. The summed E-state index contributed by atoms with van der Waals surface area (Å²) >= 11 is 1.32. The number of fused-ring (bicyclic) bond motifs is 2. The molecule has 0 amide bonds. The lowest BCUT2D eigenvalue weighted by atomic mass is 9.82. The second-order valence-electron chi connectivity index (χ2n) is 10.4. The van der Waals surface area contributed by atoms with Crippen LogP contribution >= 0.6 is 11.8 Å². The molecule has 1 saturated heterocycles. The molecule has 4 atom stereocenters. The first-order valence-corrected chi connectivity index (χ1v) is 14.2. The van der Waals surface area contributed by atoms with E-state index in [1.54, 1.807) is 19.9 Å². The lowest BCUT2D eigenvalue weighted by Crippen LogP contribution is -2.53. The van der Waals surface area contributed by atoms with Gasteiger partial charge in [0.05, 0.1) is 19.8 Å². The minimum absolute atomic E-state index is 0.0395. The van der Waals surface area contributed by atoms with E-state index in [1.165, 1.54) is 18.9 Å². The highest BCUT2D eigenvalue weighted by molar-refractivity contribution is 8.03. The van der Waals surface area contributed by atoms with E-state index < -0.39 is 41.9 Å². The summed E-state index contributed by atoms with van der Waals surface area (Å²) in [6, 6.07) is 20.0. The van der Waals surface area contributed by atoms with E-state index in [2.05, 4.69) is 5.48 Å². The lowest BCUT2D eigenvalue weighted by Gasteiger charge is -2.39. The van der Waals surface area contributed by atoms with E-state index in [0.29, 0.717) is 10.5 Å². The first-order chi connectivity index (χ1) is 20.3. The van der Waals surface area contributed by atoms with Gasteiger partial charge in [0.15, 0.2) is 17.3 Å². The molecule has 1 aliphatic carbocycles. The van der Waals surface area contributed by atoms with Crippen molar-refractivity contribution >= 4 is 23.3 Å². The number of aliphatic hydroxyl groups is 1. The van der Waals surface area contributed by atoms with Crippen molar-refractivity contribution in [3.8, 4) is 17.2 Å². The van der Waals surface area contributed by atoms with Gasteiger partial charge < -0.3 is 33.9 Å². The number of phenols is 1. The van der Waals surface area contributed by atoms with Crippen LogP contribution in [0.25, 0.3) is 5.57 Å². The molecule has 1 fully saturated rings. The monoisotopic (exact) mass is 593 g/mol. The van der Waals surface area contributed by atoms with Crippen LogP contribution in [0.15, 0.2) is 76.5 Å². The van der Waals surface area contributed by atoms with Gasteiger partial charge in [-0.25, -0.2) is 4.79 Å². The van der Waals surface area contributed by atoms with Crippen molar-refractivity contribution in [2.24, 2.45) is 0 Å². The second kappa shape index (κ2) is 11.6. The first kappa shape index (κ1) is 28.5. The Morgan fingerprint density at radius 1 is 1.05 bits per heavy atom. The molecule has 0 spiro atoms. The van der Waals surface area contributed by atoms with Crippen molar-refractivity contribution in [1.82, 2.24) is 5.48 Å². The van der Waals surface area contributed by atoms with Gasteiger partial charge >= 0.3 is 5.97 Å². The second-order valence-corrected chi connectivity index (χ2v) is 11.6. The molecular formula is C31H31NO9S. The fourth-order valence-electron chi connectivity index (χ4n) is 5.44. The highest BCUT2D eigenvalue weighted by Gasteiger charge is 2.55. The van der Waals surface area contributed by atoms with Gasteiger partial charge in [0, 0.05) is 15.4 Å². The minimum Gasteiger partial charge on any atom is -0.504 e. The zero-order valence-electron chi connectivity index (χ0n) is 23.2. The van der Waals surface area contributed by atoms with E-state index in [9.17, 15) is 15.0 Å². The molecule has 220 valence electrons. The molecule has 0 aromatic heterocycles. The average Bonchev–Trinajstić information content (AvgIpc) is 3.60. The summed E-state index contributed by atoms with van der Waals surface area (Å²) in [5.41, 5.74) is 4.67. The molecule has 3 aromatic rings. The molecule has 11 heteroatoms. The van der Waals surface area contributed by atoms with Crippen molar-refractivity contribution in [1.29, 1.82) is 0 Å². The van der Waals surface area contributed by atoms with E-state index >= 15 is 0 Å². The summed E-state index contributed by atoms with van der Waals surface area (Å²) in [6.45, 7) is 3.65. The number of phenolic OH excluding ortho intramolecular Hbond substituents is 1. The molecule has 6 rings (SSSR count). The minimum atomic E-state index is -1.15. The summed E-state index contributed by atoms with van der Waals surface area (Å²) in [5.74, 6) is -1.95. The van der Waals surface area contributed by atoms with Crippen LogP contribution in [0.2, 0.25) is 0 Å². The maximum atomic E-state index is 13.2. The average molecular weight is 594 g/mol. The van der Waals surface area contributed by atoms with Crippen molar-refractivity contribution < 1.29 is 43.5 Å². The Balaban J connectivity index is 1.54. The zero-order chi connectivity index (χ0) is 29.4. The molecule has 3 aromatic carbocycles. The molecule has 0 saturated carbocycles. The SMILES string of the molecule is COC(=O)c1c(C2=C(Sc3ccccc3)[C@H](O)[C@H]3OC(C)(C)O[C@H]3[C@@H]2NOCc2ccccc2)cc2c(c1O)OCO2. The van der Waals surface area contributed by atoms with Gasteiger partial charge in [-0.15, -0.1) is 0 Å². The Hall–Kier alpha value is -3.58. The van der Waals surface area contributed by atoms with Crippen LogP contribution < -0.4 is 15.0 Å². The number of aromatic hydroxyl groups is 1. The zero-order valence-corrected chi connectivity index (χ0v) is 24.1. The number of hydrogen-bond acceptors (Lipinski definition) is 11. The normalized spacial score (nSPS) is 24.0. The van der Waals surface area contributed by atoms with Gasteiger partial charge in [0.1, 0.15) is 23.9 Å². The number of thioether (sulfide) groups is 1. The Labute approximate surface area is 247 Å². The van der Waals surface area contributed by atoms with Crippen molar-refractivity contribution in [2.45, 2.75) is 55.5 Å². The lowest BCUT2D eigenvalue weighted by molar-refractivity contribution is -0.154. The van der Waals surface area contributed by atoms with Gasteiger partial charge in [0.2, 0.25) is 12.5 Å². The first-order valence-electron chi connectivity index (χ1n) is 13.4. The van der Waals surface area contributed by atoms with E-state index in [1.807, 2.05) is 60.7 Å². The van der Waals surface area contributed by atoms with E-state index in [4.69, 9.17) is 28.5 Å². The van der Waals surface area contributed by atoms with E-state index in [0.717, 1.165) is 10.5 Å². The molecule has 42 heavy (non-hydrogen) atoms. The summed E-state index contributed by atoms with van der Waals surface area (Å²) < 4.78 is 28.7. The smallest absolute Gasteiger partial charge is 0.342 e. The maximum Gasteiger partial charge on any atom is 0.342 e. The molecular weight excluding hydrogens is 562 g/mol. The standard InChI is InChI=1S/C31H31NO9S/c1-31(2)40-27-23(32-39-15-17-10-6-4-7-11-17)21(29(25(34)28(27)41-31)42-18-12-8-5-9-13-18)19-14-20-26(38-16-37-20)24(33)22(19)30(35)36-3/h4-14,23,25,27-28,32-34H,15-16H2,1-3H3/t23-,25-,27+,28-/m1/s1. The van der Waals surface area contributed by atoms with Crippen molar-refractivity contribution in [2.75, 3.05) is 13.9 Å². The van der Waals surface area contributed by atoms with Gasteiger partial charge in [-0.3, -0.25) is 4.84 Å². The number of aliphatic hydroxyl groups excluding tert-OH is 1. The summed E-state index contributed by atoms with van der Waals surface area (Å²) in [6.07, 6.45) is -2.65. The molecule has 3 N–H and O–H groups in total. The van der Waals surface area contributed by atoms with Crippen molar-refractivity contribution in [3.05, 3.63) is 88.3 Å². The maximum absolute atomic E-state index is 13.2. The number of esters is 1. The van der Waals surface area contributed by atoms with Gasteiger partial charge in [-0.05, 0) is 43.2 Å². The number of rotatable bonds is 8. The Kier molecular flexibility index (Phi) is 7.88. The van der Waals surface area contributed by atoms with E-state index in [-0.39, 0.29) is 36.0 Å². The summed E-state index contributed by atoms with van der Waals surface area (Å²) in [7, 11) is 1.23. The molecule has 0 unspecified atom stereocenters. The Morgan fingerprint density at radius 2 is 1.74 bits per heavy atom. The number of methoxy groups -OCH3 is 1. The number of hydroxylamine groups is 1. The predicted molar refractivity (Wildman–Crippen MR) is 153 cm³/mol. The highest BCUT2D eigenvalue weighted by atomic mass is 32.2. The molecule has 0 bridgehead atoms. The third-order valence-corrected chi connectivity index (χ3v) is 8.42. The van der Waals surface area contributed by atoms with Gasteiger partial charge in [-0.1, -0.05) is 60.3 Å². The molecule has 2 aliphatic heterocycles. The van der Waals surface area contributed by atoms with Crippen LogP contribution in [0.4, 0.5) is 0 Å². The number of hydrogen-bond donors (Lipinski definition) is 3. The van der Waals surface area contributed by atoms with Crippen LogP contribution in [0, 0.1) is 0 Å². The fourth-order valence-corrected chi connectivity index (χ4v) is 6.59. The van der Waals surface area contributed by atoms with Gasteiger partial charge in [-0.2, -0.15) is 5.48 Å². The largest absolute Gasteiger partial charge is 0.504 e. The Morgan fingerprint density at radius 3 is 2.45 bits per heavy atom. The van der Waals surface area contributed by atoms with Crippen LogP contribution in [-0.2, 0) is 25.7 Å². The summed E-state index contributed by atoms with van der Waals surface area (Å²) in [5, 5.41) is 23.1. The third kappa shape index (κ3) is 5.35. The number of carbonyl (C=O) groups is 1. The third-order valence-electron chi connectivity index (χ3n) is 7.23. The number of carbonyl (C=O) groups excluding carboxylic acids is 1. The predicted octanol–water partition coefficient (Wildman–Crippen LogP) is 4.40. The fraction of sp³-hybridized carbons (Fsp3) is 0.323. The van der Waals surface area contributed by atoms with Crippen LogP contribution in [0.1, 0.15) is 35.3 Å². The Bertz CT molecular complexity index is 1500. The topological polar surface area (TPSA) is 125 Å². The van der Waals surface area contributed by atoms with Crippen LogP contribution in [0.3, 0.4) is 0 Å². The van der Waals surface area contributed by atoms with Crippen LogP contribution in [-0.4, -0.2) is 60.2 Å². The van der Waals surface area contributed by atoms with Crippen LogP contribution in [0.5, 0.6) is 17.2 Å². The highest BCUT2D eigenvalue weighted by Crippen LogP contribution is 2.52. The molecule has 3 aliphatic rings. The van der Waals surface area contributed by atoms with Crippen molar-refractivity contribution in [3.63, 3.8) is 0 Å². The molecule has 0 radical (unpaired) electrons. The summed E-state index contributed by atoms with van der Waals surface area (Å²) in [4.78, 5) is 20.5. The number of benzene rings is 3. The number of nitrogens with one attached hydrogen (secondary N) is 1.